The number of nitriles is 1. The standard InChI is InChI=1S/C18H20N4O3/c1-4-5-15(23)21-13-7-6-11(2)8-14(13)22-10-12(9-19)16(20)17(22)18(24)25-3/h6-8,10H,4-5,20H2,1-3H3,(H,21,23). The van der Waals surface area contributed by atoms with E-state index in [0.717, 1.165) is 12.0 Å². The molecule has 0 radical (unpaired) electrons. The molecule has 2 rings (SSSR count). The second kappa shape index (κ2) is 7.53. The molecule has 1 amide bonds. The molecule has 7 nitrogen and oxygen atoms in total. The van der Waals surface area contributed by atoms with Crippen molar-refractivity contribution in [2.45, 2.75) is 26.7 Å². The number of nitrogens with zero attached hydrogens (tertiary/aromatic N) is 2. The minimum atomic E-state index is -0.661. The van der Waals surface area contributed by atoms with E-state index in [1.165, 1.54) is 17.9 Å². The van der Waals surface area contributed by atoms with Crippen molar-refractivity contribution in [1.82, 2.24) is 4.57 Å². The molecule has 7 heteroatoms. The number of carbonyl (C=O) groups excluding carboxylic acids is 2. The Morgan fingerprint density at radius 1 is 1.40 bits per heavy atom. The molecule has 0 bridgehead atoms. The Morgan fingerprint density at radius 3 is 2.72 bits per heavy atom. The van der Waals surface area contributed by atoms with Gasteiger partial charge in [0.25, 0.3) is 0 Å². The monoisotopic (exact) mass is 340 g/mol. The zero-order valence-corrected chi connectivity index (χ0v) is 14.4. The number of anilines is 2. The lowest BCUT2D eigenvalue weighted by atomic mass is 10.1. The first-order chi connectivity index (χ1) is 11.9. The smallest absolute Gasteiger partial charge is 0.357 e. The zero-order valence-electron chi connectivity index (χ0n) is 14.4. The van der Waals surface area contributed by atoms with E-state index in [0.29, 0.717) is 17.8 Å². The highest BCUT2D eigenvalue weighted by atomic mass is 16.5. The van der Waals surface area contributed by atoms with Gasteiger partial charge in [0.05, 0.1) is 29.7 Å². The van der Waals surface area contributed by atoms with Gasteiger partial charge in [-0.2, -0.15) is 5.26 Å². The van der Waals surface area contributed by atoms with Crippen LogP contribution < -0.4 is 11.1 Å². The number of rotatable bonds is 5. The second-order valence-corrected chi connectivity index (χ2v) is 5.60. The maximum Gasteiger partial charge on any atom is 0.357 e. The van der Waals surface area contributed by atoms with E-state index in [2.05, 4.69) is 5.32 Å². The van der Waals surface area contributed by atoms with E-state index < -0.39 is 5.97 Å². The minimum Gasteiger partial charge on any atom is -0.464 e. The van der Waals surface area contributed by atoms with Gasteiger partial charge in [-0.15, -0.1) is 0 Å². The summed E-state index contributed by atoms with van der Waals surface area (Å²) in [4.78, 5) is 24.2. The van der Waals surface area contributed by atoms with Crippen LogP contribution in [-0.2, 0) is 9.53 Å². The van der Waals surface area contributed by atoms with Crippen LogP contribution in [0, 0.1) is 18.3 Å². The predicted octanol–water partition coefficient (Wildman–Crippen LogP) is 2.76. The van der Waals surface area contributed by atoms with Crippen LogP contribution >= 0.6 is 0 Å². The third-order valence-electron chi connectivity index (χ3n) is 3.71. The Kier molecular flexibility index (Phi) is 5.45. The molecular weight excluding hydrogens is 320 g/mol. The highest BCUT2D eigenvalue weighted by molar-refractivity contribution is 5.97. The molecule has 130 valence electrons. The van der Waals surface area contributed by atoms with Crippen LogP contribution in [0.15, 0.2) is 24.4 Å². The van der Waals surface area contributed by atoms with Crippen LogP contribution in [0.25, 0.3) is 5.69 Å². The van der Waals surface area contributed by atoms with E-state index in [-0.39, 0.29) is 22.9 Å². The summed E-state index contributed by atoms with van der Waals surface area (Å²) in [5.41, 5.74) is 8.17. The van der Waals surface area contributed by atoms with E-state index in [1.54, 1.807) is 12.1 Å². The van der Waals surface area contributed by atoms with Crippen molar-refractivity contribution >= 4 is 23.3 Å². The van der Waals surface area contributed by atoms with Gasteiger partial charge in [0.15, 0.2) is 5.69 Å². The van der Waals surface area contributed by atoms with Crippen LogP contribution in [0.3, 0.4) is 0 Å². The average Bonchev–Trinajstić information content (AvgIpc) is 2.92. The summed E-state index contributed by atoms with van der Waals surface area (Å²) >= 11 is 0. The molecule has 0 aliphatic rings. The second-order valence-electron chi connectivity index (χ2n) is 5.60. The molecule has 0 aliphatic heterocycles. The number of ether oxygens (including phenoxy) is 1. The molecule has 0 saturated carbocycles. The number of amides is 1. The van der Waals surface area contributed by atoms with Crippen molar-refractivity contribution in [3.05, 3.63) is 41.2 Å². The maximum absolute atomic E-state index is 12.2. The lowest BCUT2D eigenvalue weighted by molar-refractivity contribution is -0.116. The Hall–Kier alpha value is -3.27. The molecule has 1 aromatic heterocycles. The molecule has 0 spiro atoms. The van der Waals surface area contributed by atoms with Crippen molar-refractivity contribution in [1.29, 1.82) is 5.26 Å². The summed E-state index contributed by atoms with van der Waals surface area (Å²) in [5.74, 6) is -0.792. The van der Waals surface area contributed by atoms with E-state index in [1.807, 2.05) is 26.0 Å². The number of esters is 1. The van der Waals surface area contributed by atoms with Gasteiger partial charge >= 0.3 is 5.97 Å². The van der Waals surface area contributed by atoms with Gasteiger partial charge in [-0.1, -0.05) is 13.0 Å². The maximum atomic E-state index is 12.2. The summed E-state index contributed by atoms with van der Waals surface area (Å²) in [7, 11) is 1.24. The fourth-order valence-corrected chi connectivity index (χ4v) is 2.49. The lowest BCUT2D eigenvalue weighted by Crippen LogP contribution is -2.15. The summed E-state index contributed by atoms with van der Waals surface area (Å²) in [6, 6.07) is 7.36. The van der Waals surface area contributed by atoms with Crippen molar-refractivity contribution < 1.29 is 14.3 Å². The summed E-state index contributed by atoms with van der Waals surface area (Å²) in [6.07, 6.45) is 2.57. The normalized spacial score (nSPS) is 10.2. The van der Waals surface area contributed by atoms with Crippen LogP contribution in [0.1, 0.15) is 41.4 Å². The molecule has 0 atom stereocenters. The van der Waals surface area contributed by atoms with Gasteiger partial charge in [-0.25, -0.2) is 4.79 Å². The molecule has 0 aliphatic carbocycles. The van der Waals surface area contributed by atoms with Crippen molar-refractivity contribution in [3.8, 4) is 11.8 Å². The molecule has 1 heterocycles. The van der Waals surface area contributed by atoms with Gasteiger partial charge in [0, 0.05) is 12.6 Å². The van der Waals surface area contributed by atoms with E-state index in [9.17, 15) is 14.9 Å². The van der Waals surface area contributed by atoms with E-state index >= 15 is 0 Å². The SMILES string of the molecule is CCCC(=O)Nc1ccc(C)cc1-n1cc(C#N)c(N)c1C(=O)OC. The molecule has 0 fully saturated rings. The zero-order chi connectivity index (χ0) is 18.6. The molecule has 0 unspecified atom stereocenters. The number of nitrogens with two attached hydrogens (primary N) is 1. The minimum absolute atomic E-state index is 0.0432. The number of aromatic nitrogens is 1. The first-order valence-corrected chi connectivity index (χ1v) is 7.83. The largest absolute Gasteiger partial charge is 0.464 e. The van der Waals surface area contributed by atoms with Crippen LogP contribution in [0.4, 0.5) is 11.4 Å². The first kappa shape index (κ1) is 18.1. The molecular formula is C18H20N4O3. The molecule has 2 aromatic rings. The van der Waals surface area contributed by atoms with Crippen molar-refractivity contribution in [3.63, 3.8) is 0 Å². The Balaban J connectivity index is 2.65. The summed E-state index contributed by atoms with van der Waals surface area (Å²) < 4.78 is 6.27. The average molecular weight is 340 g/mol. The highest BCUT2D eigenvalue weighted by Gasteiger charge is 2.23. The van der Waals surface area contributed by atoms with Crippen LogP contribution in [0.5, 0.6) is 0 Å². The van der Waals surface area contributed by atoms with Crippen molar-refractivity contribution in [2.75, 3.05) is 18.2 Å². The number of hydrogen-bond acceptors (Lipinski definition) is 5. The summed E-state index contributed by atoms with van der Waals surface area (Å²) in [6.45, 7) is 3.80. The predicted molar refractivity (Wildman–Crippen MR) is 94.5 cm³/mol. The number of carbonyl (C=O) groups is 2. The lowest BCUT2D eigenvalue weighted by Gasteiger charge is -2.15. The summed E-state index contributed by atoms with van der Waals surface area (Å²) in [5, 5.41) is 12.1. The third kappa shape index (κ3) is 3.63. The van der Waals surface area contributed by atoms with Gasteiger partial charge < -0.3 is 20.4 Å². The van der Waals surface area contributed by atoms with Gasteiger partial charge in [0.1, 0.15) is 6.07 Å². The quantitative estimate of drug-likeness (QED) is 0.813. The molecule has 3 N–H and O–H groups in total. The number of methoxy groups -OCH3 is 1. The number of benzene rings is 1. The first-order valence-electron chi connectivity index (χ1n) is 7.83. The number of aryl methyl sites for hydroxylation is 1. The Morgan fingerprint density at radius 2 is 2.12 bits per heavy atom. The van der Waals surface area contributed by atoms with Crippen molar-refractivity contribution in [2.24, 2.45) is 0 Å². The fourth-order valence-electron chi connectivity index (χ4n) is 2.49. The topological polar surface area (TPSA) is 110 Å². The number of nitrogen functional groups attached to an aromatic ring is 1. The number of hydrogen-bond donors (Lipinski definition) is 2. The highest BCUT2D eigenvalue weighted by Crippen LogP contribution is 2.29. The van der Waals surface area contributed by atoms with Gasteiger partial charge in [-0.05, 0) is 31.0 Å². The number of nitrogens with one attached hydrogen (secondary N) is 1. The van der Waals surface area contributed by atoms with Gasteiger partial charge in [0.2, 0.25) is 5.91 Å². The molecule has 25 heavy (non-hydrogen) atoms. The molecule has 1 aromatic carbocycles. The van der Waals surface area contributed by atoms with E-state index in [4.69, 9.17) is 10.5 Å². The molecule has 0 saturated heterocycles. The Bertz CT molecular complexity index is 862. The van der Waals surface area contributed by atoms with Crippen LogP contribution in [-0.4, -0.2) is 23.6 Å². The van der Waals surface area contributed by atoms with Crippen LogP contribution in [0.2, 0.25) is 0 Å². The Labute approximate surface area is 146 Å². The third-order valence-corrected chi connectivity index (χ3v) is 3.71. The van der Waals surface area contributed by atoms with Gasteiger partial charge in [-0.3, -0.25) is 4.79 Å². The fraction of sp³-hybridized carbons (Fsp3) is 0.278.